The van der Waals surface area contributed by atoms with Gasteiger partial charge in [-0.05, 0) is 24.4 Å². The van der Waals surface area contributed by atoms with Crippen LogP contribution in [0.3, 0.4) is 0 Å². The summed E-state index contributed by atoms with van der Waals surface area (Å²) in [5.74, 6) is 0.971. The number of furan rings is 1. The minimum Gasteiger partial charge on any atom is -0.468 e. The molecule has 96 valence electrons. The summed E-state index contributed by atoms with van der Waals surface area (Å²) in [6.45, 7) is 0. The number of nitrogens with zero attached hydrogens (tertiary/aromatic N) is 2. The van der Waals surface area contributed by atoms with Crippen LogP contribution in [0.1, 0.15) is 0 Å². The molecule has 19 heavy (non-hydrogen) atoms. The summed E-state index contributed by atoms with van der Waals surface area (Å²) in [6, 6.07) is 7.63. The van der Waals surface area contributed by atoms with Gasteiger partial charge in [-0.25, -0.2) is 0 Å². The third-order valence-corrected chi connectivity index (χ3v) is 3.03. The molecule has 1 N–H and O–H groups in total. The molecule has 0 spiro atoms. The maximum absolute atomic E-state index is 6.07. The van der Waals surface area contributed by atoms with E-state index in [4.69, 9.17) is 33.0 Å². The second kappa shape index (κ2) is 4.64. The normalized spacial score (nSPS) is 10.8. The van der Waals surface area contributed by atoms with Gasteiger partial charge in [-0.15, -0.1) is 0 Å². The highest BCUT2D eigenvalue weighted by Crippen LogP contribution is 2.30. The Morgan fingerprint density at radius 1 is 1.37 bits per heavy atom. The van der Waals surface area contributed by atoms with Crippen LogP contribution in [0.5, 0.6) is 6.01 Å². The summed E-state index contributed by atoms with van der Waals surface area (Å²) in [5.41, 5.74) is 0.607. The van der Waals surface area contributed by atoms with Crippen molar-refractivity contribution in [2.45, 2.75) is 0 Å². The molecule has 7 heteroatoms. The maximum Gasteiger partial charge on any atom is 0.297 e. The number of halogens is 1. The Morgan fingerprint density at radius 3 is 2.95 bits per heavy atom. The number of hydrogen-bond donors (Lipinski definition) is 1. The summed E-state index contributed by atoms with van der Waals surface area (Å²) in [6.07, 6.45) is 0. The molecule has 0 aliphatic carbocycles. The number of fused-ring (bicyclic) bond motifs is 1. The van der Waals surface area contributed by atoms with Crippen molar-refractivity contribution >= 4 is 34.8 Å². The molecular formula is C12H8ClN3O2S. The number of rotatable bonds is 2. The fourth-order valence-electron chi connectivity index (χ4n) is 1.72. The van der Waals surface area contributed by atoms with Crippen LogP contribution in [0.15, 0.2) is 28.7 Å². The number of aromatic amines is 1. The molecule has 3 aromatic rings. The number of H-pyrrole nitrogens is 1. The number of benzene rings is 1. The largest absolute Gasteiger partial charge is 0.468 e. The van der Waals surface area contributed by atoms with Gasteiger partial charge in [-0.3, -0.25) is 4.98 Å². The Morgan fingerprint density at radius 2 is 2.21 bits per heavy atom. The first-order chi connectivity index (χ1) is 9.17. The Kier molecular flexibility index (Phi) is 2.96. The van der Waals surface area contributed by atoms with Crippen LogP contribution in [0.25, 0.3) is 22.6 Å². The topological polar surface area (TPSA) is 63.9 Å². The highest BCUT2D eigenvalue weighted by atomic mass is 35.5. The van der Waals surface area contributed by atoms with Gasteiger partial charge in [-0.2, -0.15) is 9.97 Å². The summed E-state index contributed by atoms with van der Waals surface area (Å²) < 4.78 is 10.9. The Labute approximate surface area is 118 Å². The fraction of sp³-hybridized carbons (Fsp3) is 0.0833. The summed E-state index contributed by atoms with van der Waals surface area (Å²) in [5, 5.41) is 1.43. The Hall–Kier alpha value is -1.92. The first kappa shape index (κ1) is 12.1. The number of para-hydroxylation sites is 1. The first-order valence-electron chi connectivity index (χ1n) is 5.38. The maximum atomic E-state index is 6.07. The standard InChI is InChI=1S/C12H8ClN3O2S/c1-17-11-14-10(15-12(19)16-11)8-5-6-3-2-4-7(13)9(6)18-8/h2-5H,1H3,(H,14,15,16,19). The van der Waals surface area contributed by atoms with E-state index in [0.717, 1.165) is 5.39 Å². The molecule has 3 rings (SSSR count). The molecule has 0 aliphatic heterocycles. The summed E-state index contributed by atoms with van der Waals surface area (Å²) in [7, 11) is 1.49. The van der Waals surface area contributed by atoms with Crippen LogP contribution in [0.2, 0.25) is 5.02 Å². The lowest BCUT2D eigenvalue weighted by Crippen LogP contribution is -1.96. The van der Waals surface area contributed by atoms with Crippen LogP contribution >= 0.6 is 23.8 Å². The van der Waals surface area contributed by atoms with E-state index in [1.807, 2.05) is 18.2 Å². The van der Waals surface area contributed by atoms with E-state index in [9.17, 15) is 0 Å². The monoisotopic (exact) mass is 293 g/mol. The van der Waals surface area contributed by atoms with Gasteiger partial charge in [0.25, 0.3) is 6.01 Å². The quantitative estimate of drug-likeness (QED) is 0.731. The van der Waals surface area contributed by atoms with Gasteiger partial charge in [0.2, 0.25) is 4.77 Å². The molecule has 0 amide bonds. The van der Waals surface area contributed by atoms with Gasteiger partial charge >= 0.3 is 0 Å². The van der Waals surface area contributed by atoms with Crippen molar-refractivity contribution < 1.29 is 9.15 Å². The van der Waals surface area contributed by atoms with Crippen LogP contribution in [-0.2, 0) is 0 Å². The molecule has 1 aromatic carbocycles. The molecule has 2 heterocycles. The van der Waals surface area contributed by atoms with Crippen molar-refractivity contribution in [3.8, 4) is 17.6 Å². The minimum atomic E-state index is 0.178. The lowest BCUT2D eigenvalue weighted by Gasteiger charge is -2.00. The van der Waals surface area contributed by atoms with E-state index >= 15 is 0 Å². The molecule has 5 nitrogen and oxygen atoms in total. The minimum absolute atomic E-state index is 0.178. The summed E-state index contributed by atoms with van der Waals surface area (Å²) >= 11 is 11.0. The van der Waals surface area contributed by atoms with Crippen molar-refractivity contribution in [3.63, 3.8) is 0 Å². The van der Waals surface area contributed by atoms with Crippen LogP contribution in [-0.4, -0.2) is 22.1 Å². The van der Waals surface area contributed by atoms with Gasteiger partial charge in [0.15, 0.2) is 17.2 Å². The molecule has 0 aliphatic rings. The fourth-order valence-corrected chi connectivity index (χ4v) is 2.12. The van der Waals surface area contributed by atoms with E-state index in [-0.39, 0.29) is 10.8 Å². The highest BCUT2D eigenvalue weighted by Gasteiger charge is 2.11. The molecule has 0 radical (unpaired) electrons. The SMILES string of the molecule is COc1nc(=S)nc(-c2cc3cccc(Cl)c3o2)[nH]1. The molecule has 0 saturated heterocycles. The molecule has 0 saturated carbocycles. The lowest BCUT2D eigenvalue weighted by atomic mass is 10.2. The van der Waals surface area contributed by atoms with Crippen LogP contribution in [0.4, 0.5) is 0 Å². The molecule has 0 fully saturated rings. The Balaban J connectivity index is 2.21. The number of methoxy groups -OCH3 is 1. The van der Waals surface area contributed by atoms with Gasteiger partial charge < -0.3 is 9.15 Å². The zero-order valence-corrected chi connectivity index (χ0v) is 11.4. The first-order valence-corrected chi connectivity index (χ1v) is 6.17. The van der Waals surface area contributed by atoms with E-state index in [1.165, 1.54) is 7.11 Å². The lowest BCUT2D eigenvalue weighted by molar-refractivity contribution is 0.377. The van der Waals surface area contributed by atoms with Crippen LogP contribution in [0, 0.1) is 4.77 Å². The average Bonchev–Trinajstić information content (AvgIpc) is 2.83. The van der Waals surface area contributed by atoms with Crippen molar-refractivity contribution in [2.24, 2.45) is 0 Å². The molecular weight excluding hydrogens is 286 g/mol. The molecule has 0 atom stereocenters. The molecule has 0 bridgehead atoms. The van der Waals surface area contributed by atoms with E-state index in [2.05, 4.69) is 15.0 Å². The number of aromatic nitrogens is 3. The zero-order chi connectivity index (χ0) is 13.4. The van der Waals surface area contributed by atoms with E-state index in [0.29, 0.717) is 22.2 Å². The van der Waals surface area contributed by atoms with E-state index in [1.54, 1.807) is 6.07 Å². The molecule has 2 aromatic heterocycles. The van der Waals surface area contributed by atoms with Gasteiger partial charge in [0.1, 0.15) is 0 Å². The van der Waals surface area contributed by atoms with Crippen LogP contribution < -0.4 is 4.74 Å². The predicted octanol–water partition coefficient (Wildman–Crippen LogP) is 3.61. The number of hydrogen-bond acceptors (Lipinski definition) is 5. The van der Waals surface area contributed by atoms with Crippen molar-refractivity contribution in [1.82, 2.24) is 15.0 Å². The number of nitrogens with one attached hydrogen (secondary N) is 1. The zero-order valence-electron chi connectivity index (χ0n) is 9.81. The smallest absolute Gasteiger partial charge is 0.297 e. The second-order valence-electron chi connectivity index (χ2n) is 3.76. The highest BCUT2D eigenvalue weighted by molar-refractivity contribution is 7.71. The van der Waals surface area contributed by atoms with Crippen molar-refractivity contribution in [3.05, 3.63) is 34.1 Å². The predicted molar refractivity (Wildman–Crippen MR) is 74.0 cm³/mol. The van der Waals surface area contributed by atoms with Crippen molar-refractivity contribution in [1.29, 1.82) is 0 Å². The summed E-state index contributed by atoms with van der Waals surface area (Å²) in [4.78, 5) is 10.9. The van der Waals surface area contributed by atoms with Crippen molar-refractivity contribution in [2.75, 3.05) is 7.11 Å². The molecule has 0 unspecified atom stereocenters. The Bertz CT molecular complexity index is 812. The second-order valence-corrected chi connectivity index (χ2v) is 4.53. The third kappa shape index (κ3) is 2.20. The van der Waals surface area contributed by atoms with Gasteiger partial charge in [0.05, 0.1) is 12.1 Å². The number of ether oxygens (including phenoxy) is 1. The third-order valence-electron chi connectivity index (χ3n) is 2.55. The van der Waals surface area contributed by atoms with Gasteiger partial charge in [0, 0.05) is 5.39 Å². The van der Waals surface area contributed by atoms with Gasteiger partial charge in [-0.1, -0.05) is 23.7 Å². The average molecular weight is 294 g/mol. The van der Waals surface area contributed by atoms with E-state index < -0.39 is 0 Å².